The first kappa shape index (κ1) is 17.5. The van der Waals surface area contributed by atoms with E-state index in [1.165, 1.54) is 12.1 Å². The van der Waals surface area contributed by atoms with Crippen LogP contribution in [0, 0.1) is 13.8 Å². The number of carbonyl (C=O) groups is 3. The summed E-state index contributed by atoms with van der Waals surface area (Å²) in [6.45, 7) is 3.03. The largest absolute Gasteiger partial charge is 0.452 e. The van der Waals surface area contributed by atoms with Crippen molar-refractivity contribution >= 4 is 29.5 Å². The Morgan fingerprint density at radius 2 is 1.88 bits per heavy atom. The SMILES string of the molecule is Cc1nn(-c2ccc(C(=O)OCC(=O)NC(N)=O)cc2)c(C)c1Cl. The van der Waals surface area contributed by atoms with E-state index in [0.717, 1.165) is 11.4 Å². The molecule has 0 aliphatic heterocycles. The van der Waals surface area contributed by atoms with E-state index < -0.39 is 24.5 Å². The van der Waals surface area contributed by atoms with Gasteiger partial charge in [-0.05, 0) is 38.1 Å². The van der Waals surface area contributed by atoms with Gasteiger partial charge in [0.15, 0.2) is 6.61 Å². The molecule has 0 atom stereocenters. The fourth-order valence-corrected chi connectivity index (χ4v) is 2.12. The third kappa shape index (κ3) is 3.90. The lowest BCUT2D eigenvalue weighted by Crippen LogP contribution is -2.37. The molecular weight excluding hydrogens is 336 g/mol. The Kier molecular flexibility index (Phi) is 5.20. The molecular formula is C15H15ClN4O4. The number of benzene rings is 1. The van der Waals surface area contributed by atoms with Crippen LogP contribution in [0.1, 0.15) is 21.7 Å². The third-order valence-electron chi connectivity index (χ3n) is 3.15. The van der Waals surface area contributed by atoms with Gasteiger partial charge in [-0.3, -0.25) is 10.1 Å². The van der Waals surface area contributed by atoms with Gasteiger partial charge >= 0.3 is 12.0 Å². The third-order valence-corrected chi connectivity index (χ3v) is 3.69. The summed E-state index contributed by atoms with van der Waals surface area (Å²) in [5.74, 6) is -1.50. The van der Waals surface area contributed by atoms with Crippen LogP contribution in [-0.2, 0) is 9.53 Å². The van der Waals surface area contributed by atoms with E-state index in [0.29, 0.717) is 10.7 Å². The van der Waals surface area contributed by atoms with E-state index in [1.54, 1.807) is 29.1 Å². The van der Waals surface area contributed by atoms with Crippen molar-refractivity contribution in [2.75, 3.05) is 6.61 Å². The number of imide groups is 1. The Hall–Kier alpha value is -2.87. The zero-order valence-electron chi connectivity index (χ0n) is 13.0. The average molecular weight is 351 g/mol. The molecule has 1 aromatic heterocycles. The molecule has 3 amide bonds. The average Bonchev–Trinajstić information content (AvgIpc) is 2.79. The van der Waals surface area contributed by atoms with E-state index in [1.807, 2.05) is 6.92 Å². The highest BCUT2D eigenvalue weighted by molar-refractivity contribution is 6.31. The lowest BCUT2D eigenvalue weighted by Gasteiger charge is -2.07. The van der Waals surface area contributed by atoms with Crippen LogP contribution < -0.4 is 11.1 Å². The van der Waals surface area contributed by atoms with Gasteiger partial charge in [-0.2, -0.15) is 5.10 Å². The normalized spacial score (nSPS) is 10.3. The highest BCUT2D eigenvalue weighted by atomic mass is 35.5. The van der Waals surface area contributed by atoms with Gasteiger partial charge in [0.25, 0.3) is 5.91 Å². The number of rotatable bonds is 4. The maximum absolute atomic E-state index is 11.8. The molecule has 1 heterocycles. The molecule has 0 bridgehead atoms. The highest BCUT2D eigenvalue weighted by Crippen LogP contribution is 2.22. The van der Waals surface area contributed by atoms with Crippen molar-refractivity contribution in [2.24, 2.45) is 5.73 Å². The predicted molar refractivity (Wildman–Crippen MR) is 86.1 cm³/mol. The van der Waals surface area contributed by atoms with Crippen molar-refractivity contribution in [2.45, 2.75) is 13.8 Å². The number of aromatic nitrogens is 2. The molecule has 9 heteroatoms. The number of carbonyl (C=O) groups excluding carboxylic acids is 3. The summed E-state index contributed by atoms with van der Waals surface area (Å²) in [5.41, 5.74) is 7.25. The number of aryl methyl sites for hydroxylation is 1. The van der Waals surface area contributed by atoms with Crippen LogP contribution in [0.15, 0.2) is 24.3 Å². The molecule has 8 nitrogen and oxygen atoms in total. The summed E-state index contributed by atoms with van der Waals surface area (Å²) in [4.78, 5) is 33.5. The van der Waals surface area contributed by atoms with E-state index in [-0.39, 0.29) is 5.56 Å². The van der Waals surface area contributed by atoms with E-state index in [9.17, 15) is 14.4 Å². The minimum atomic E-state index is -1.01. The first-order chi connectivity index (χ1) is 11.3. The van der Waals surface area contributed by atoms with E-state index in [4.69, 9.17) is 22.1 Å². The number of nitrogens with one attached hydrogen (secondary N) is 1. The molecule has 3 N–H and O–H groups in total. The number of hydrogen-bond acceptors (Lipinski definition) is 5. The second kappa shape index (κ2) is 7.14. The Bertz CT molecular complexity index is 799. The number of hydrogen-bond donors (Lipinski definition) is 2. The first-order valence-corrected chi connectivity index (χ1v) is 7.26. The summed E-state index contributed by atoms with van der Waals surface area (Å²) in [5, 5.41) is 6.69. The second-order valence-electron chi connectivity index (χ2n) is 4.93. The molecule has 2 aromatic rings. The zero-order chi connectivity index (χ0) is 17.9. The number of ether oxygens (including phenoxy) is 1. The van der Waals surface area contributed by atoms with Crippen molar-refractivity contribution in [1.29, 1.82) is 0 Å². The van der Waals surface area contributed by atoms with Crippen molar-refractivity contribution in [3.05, 3.63) is 46.2 Å². The maximum Gasteiger partial charge on any atom is 0.338 e. The van der Waals surface area contributed by atoms with Gasteiger partial charge in [-0.1, -0.05) is 11.6 Å². The summed E-state index contributed by atoms with van der Waals surface area (Å²) in [6, 6.07) is 5.41. The summed E-state index contributed by atoms with van der Waals surface area (Å²) in [7, 11) is 0. The van der Waals surface area contributed by atoms with E-state index in [2.05, 4.69) is 5.10 Å². The Labute approximate surface area is 142 Å². The Balaban J connectivity index is 2.06. The maximum atomic E-state index is 11.8. The van der Waals surface area contributed by atoms with Gasteiger partial charge in [0.1, 0.15) is 0 Å². The summed E-state index contributed by atoms with van der Waals surface area (Å²) < 4.78 is 6.44. The molecule has 24 heavy (non-hydrogen) atoms. The molecule has 0 saturated heterocycles. The summed E-state index contributed by atoms with van der Waals surface area (Å²) >= 11 is 6.11. The number of halogens is 1. The van der Waals surface area contributed by atoms with Crippen molar-refractivity contribution in [1.82, 2.24) is 15.1 Å². The molecule has 0 fully saturated rings. The zero-order valence-corrected chi connectivity index (χ0v) is 13.8. The van der Waals surface area contributed by atoms with Crippen LogP contribution in [-0.4, -0.2) is 34.3 Å². The lowest BCUT2D eigenvalue weighted by molar-refractivity contribution is -0.123. The van der Waals surface area contributed by atoms with Crippen LogP contribution in [0.4, 0.5) is 4.79 Å². The molecule has 126 valence electrons. The molecule has 2 rings (SSSR count). The molecule has 0 unspecified atom stereocenters. The minimum absolute atomic E-state index is 0.248. The fourth-order valence-electron chi connectivity index (χ4n) is 2.00. The van der Waals surface area contributed by atoms with Gasteiger partial charge in [-0.15, -0.1) is 0 Å². The molecule has 0 saturated carbocycles. The molecule has 0 aliphatic carbocycles. The lowest BCUT2D eigenvalue weighted by atomic mass is 10.2. The fraction of sp³-hybridized carbons (Fsp3) is 0.200. The molecule has 1 aromatic carbocycles. The minimum Gasteiger partial charge on any atom is -0.452 e. The number of esters is 1. The van der Waals surface area contributed by atoms with Crippen molar-refractivity contribution < 1.29 is 19.1 Å². The van der Waals surface area contributed by atoms with Gasteiger partial charge in [0, 0.05) is 0 Å². The van der Waals surface area contributed by atoms with Gasteiger partial charge in [-0.25, -0.2) is 14.3 Å². The molecule has 0 spiro atoms. The number of primary amides is 1. The molecule has 0 radical (unpaired) electrons. The topological polar surface area (TPSA) is 116 Å². The van der Waals surface area contributed by atoms with Crippen LogP contribution in [0.25, 0.3) is 5.69 Å². The van der Waals surface area contributed by atoms with Gasteiger partial charge < -0.3 is 10.5 Å². The second-order valence-corrected chi connectivity index (χ2v) is 5.31. The van der Waals surface area contributed by atoms with Gasteiger partial charge in [0.05, 0.1) is 27.7 Å². The number of urea groups is 1. The van der Waals surface area contributed by atoms with E-state index >= 15 is 0 Å². The first-order valence-electron chi connectivity index (χ1n) is 6.88. The number of amides is 3. The van der Waals surface area contributed by atoms with Crippen molar-refractivity contribution in [3.8, 4) is 5.69 Å². The van der Waals surface area contributed by atoms with Crippen LogP contribution in [0.3, 0.4) is 0 Å². The quantitative estimate of drug-likeness (QED) is 0.810. The smallest absolute Gasteiger partial charge is 0.338 e. The number of nitrogens with zero attached hydrogens (tertiary/aromatic N) is 2. The number of nitrogens with two attached hydrogens (primary N) is 1. The van der Waals surface area contributed by atoms with Crippen LogP contribution in [0.2, 0.25) is 5.02 Å². The Morgan fingerprint density at radius 3 is 2.38 bits per heavy atom. The highest BCUT2D eigenvalue weighted by Gasteiger charge is 2.13. The standard InChI is InChI=1S/C15H15ClN4O4/c1-8-13(16)9(2)20(19-8)11-5-3-10(4-6-11)14(22)24-7-12(21)18-15(17)23/h3-6H,7H2,1-2H3,(H3,17,18,21,23). The van der Waals surface area contributed by atoms with Crippen LogP contribution >= 0.6 is 11.6 Å². The summed E-state index contributed by atoms with van der Waals surface area (Å²) in [6.07, 6.45) is 0. The Morgan fingerprint density at radius 1 is 1.25 bits per heavy atom. The molecule has 0 aliphatic rings. The monoisotopic (exact) mass is 350 g/mol. The van der Waals surface area contributed by atoms with Gasteiger partial charge in [0.2, 0.25) is 0 Å². The predicted octanol–water partition coefficient (Wildman–Crippen LogP) is 1.49. The van der Waals surface area contributed by atoms with Crippen molar-refractivity contribution in [3.63, 3.8) is 0 Å². The van der Waals surface area contributed by atoms with Crippen LogP contribution in [0.5, 0.6) is 0 Å².